The Labute approximate surface area is 510 Å². The number of fused-ring (bicyclic) bond motifs is 18. The molecule has 8 aliphatic rings. The van der Waals surface area contributed by atoms with E-state index in [1.807, 2.05) is 27.7 Å². The molecule has 22 nitrogen and oxygen atoms in total. The largest absolute Gasteiger partial charge is 0.507 e. The number of hydrogen-bond donors (Lipinski definition) is 3. The van der Waals surface area contributed by atoms with E-state index in [4.69, 9.17) is 52.1 Å². The molecule has 12 rings (SSSR count). The number of benzene rings is 4. The van der Waals surface area contributed by atoms with Gasteiger partial charge in [0.1, 0.15) is 30.2 Å². The third-order valence-electron chi connectivity index (χ3n) is 18.6. The molecular formula is C65H84N8O14. The number of nitriles is 2. The normalized spacial score (nSPS) is 24.8. The van der Waals surface area contributed by atoms with Gasteiger partial charge in [-0.2, -0.15) is 10.5 Å². The number of rotatable bonds is 15. The number of nitrogens with zero attached hydrogens (tertiary/aromatic N) is 6. The Morgan fingerprint density at radius 2 is 1.05 bits per heavy atom. The molecule has 2 amide bonds. The van der Waals surface area contributed by atoms with Crippen LogP contribution in [0.15, 0.2) is 24.8 Å². The third kappa shape index (κ3) is 10.3. The number of carbonyl (C=O) groups is 2. The summed E-state index contributed by atoms with van der Waals surface area (Å²) in [5.41, 5.74) is 11.1. The standard InChI is InChI=1S/C33H40N4O7.C30H36N4O7.2CH4/c1-8-9-41-30-18(3)31-33(44-16-43-31)27-21(30)12-23-28-26-20(10-17(2)29(40-7)32(26)42-15-39-6)11-22(36(28)5)24(13-34)37(23)25(27)14-35-19(4)38;1-14-7-17-8-19-21(10-31)34-20(25(33(19)4)23(17)29(27(14)38-6)39-12-37-5)9-18-24(22(34)11-32-16(3)35)30-28(40-13-41-30)15(2)26(18)36;;/h8,10,22-25,28H,1,9,11-12,14-16H2,2-7H3,(H,35,38);7,19-22,25,36H,8-9,11-13H2,1-6H3,(H,32,35);2*1H4/t22-,23?,24-,25-,28-;19-,20?,21-,22-,25-;;/m00../s1. The monoisotopic (exact) mass is 1200 g/mol. The molecule has 2 saturated heterocycles. The van der Waals surface area contributed by atoms with E-state index in [0.29, 0.717) is 83.8 Å². The molecule has 0 spiro atoms. The number of ether oxygens (including phenoxy) is 11. The minimum absolute atomic E-state index is 0. The Hall–Kier alpha value is -7.70. The van der Waals surface area contributed by atoms with Gasteiger partial charge in [-0.25, -0.2) is 0 Å². The van der Waals surface area contributed by atoms with Gasteiger partial charge in [-0.15, -0.1) is 0 Å². The molecule has 8 heterocycles. The maximum atomic E-state index is 12.3. The molecule has 2 fully saturated rings. The zero-order valence-electron chi connectivity index (χ0n) is 50.4. The maximum Gasteiger partial charge on any atom is 0.231 e. The van der Waals surface area contributed by atoms with Crippen LogP contribution in [0.4, 0.5) is 0 Å². The van der Waals surface area contributed by atoms with E-state index in [1.165, 1.54) is 13.8 Å². The first-order valence-corrected chi connectivity index (χ1v) is 28.7. The molecule has 4 aromatic rings. The van der Waals surface area contributed by atoms with Crippen LogP contribution in [0.5, 0.6) is 57.5 Å². The summed E-state index contributed by atoms with van der Waals surface area (Å²) in [6.07, 6.45) is 4.02. The lowest BCUT2D eigenvalue weighted by Crippen LogP contribution is -2.68. The molecule has 10 atom stereocenters. The topological polar surface area (TPSA) is 240 Å². The molecule has 3 N–H and O–H groups in total. The van der Waals surface area contributed by atoms with Crippen molar-refractivity contribution in [1.82, 2.24) is 30.2 Å². The second kappa shape index (κ2) is 25.6. The summed E-state index contributed by atoms with van der Waals surface area (Å²) in [5.74, 6) is 5.53. The molecule has 0 saturated carbocycles. The van der Waals surface area contributed by atoms with E-state index in [1.54, 1.807) is 34.5 Å². The number of carbonyl (C=O) groups excluding carboxylic acids is 2. The lowest BCUT2D eigenvalue weighted by molar-refractivity contribution is -0.120. The molecule has 4 aromatic carbocycles. The Morgan fingerprint density at radius 3 is 1.46 bits per heavy atom. The highest BCUT2D eigenvalue weighted by atomic mass is 16.7. The Balaban J connectivity index is 0.000000203. The van der Waals surface area contributed by atoms with Crippen molar-refractivity contribution in [1.29, 1.82) is 10.5 Å². The van der Waals surface area contributed by atoms with Crippen LogP contribution < -0.4 is 53.3 Å². The van der Waals surface area contributed by atoms with Crippen molar-refractivity contribution in [3.8, 4) is 69.6 Å². The quantitative estimate of drug-likeness (QED) is 0.0776. The molecule has 0 radical (unpaired) electrons. The molecule has 87 heavy (non-hydrogen) atoms. The lowest BCUT2D eigenvalue weighted by atomic mass is 9.71. The Kier molecular flexibility index (Phi) is 18.7. The van der Waals surface area contributed by atoms with Crippen molar-refractivity contribution in [2.75, 3.05) is 89.4 Å². The minimum Gasteiger partial charge on any atom is -0.507 e. The Morgan fingerprint density at radius 1 is 0.621 bits per heavy atom. The summed E-state index contributed by atoms with van der Waals surface area (Å²) in [6.45, 7) is 15.7. The van der Waals surface area contributed by atoms with Gasteiger partial charge in [-0.05, 0) is 89.7 Å². The molecule has 0 aromatic heterocycles. The smallest absolute Gasteiger partial charge is 0.231 e. The second-order valence-corrected chi connectivity index (χ2v) is 23.1. The second-order valence-electron chi connectivity index (χ2n) is 23.1. The first-order chi connectivity index (χ1) is 41.0. The average molecular weight is 1200 g/mol. The van der Waals surface area contributed by atoms with E-state index in [0.717, 1.165) is 66.9 Å². The Bertz CT molecular complexity index is 3430. The zero-order chi connectivity index (χ0) is 60.4. The SMILES string of the molecule is C.C.C=CCOc1c(C)c2c(c3c1CC1[C@H]4c5c(cc(C)c(OC)c5OCOC)C[C@@H]([C@H](C#N)N1[C@H]3CNC(C)=O)N4C)OCO2.COCOc1c(OC)c(C)cc2c1[C@@H]1C3Cc4c(O)c(C)c5c(c4[C@H](CNC(C)=O)N3[C@@H](C#N)[C@H](C2)N1C)OCO5. The van der Waals surface area contributed by atoms with Gasteiger partial charge in [0.25, 0.3) is 0 Å². The molecule has 4 bridgehead atoms. The summed E-state index contributed by atoms with van der Waals surface area (Å²) < 4.78 is 65.0. The highest BCUT2D eigenvalue weighted by molar-refractivity contribution is 5.74. The molecule has 0 aliphatic carbocycles. The summed E-state index contributed by atoms with van der Waals surface area (Å²) in [5, 5.41) is 39.0. The van der Waals surface area contributed by atoms with Crippen LogP contribution in [0.1, 0.15) is 120 Å². The van der Waals surface area contributed by atoms with Gasteiger partial charge < -0.3 is 67.8 Å². The van der Waals surface area contributed by atoms with Crippen LogP contribution in [-0.2, 0) is 44.7 Å². The van der Waals surface area contributed by atoms with Crippen LogP contribution in [-0.4, -0.2) is 162 Å². The zero-order valence-corrected chi connectivity index (χ0v) is 50.4. The fraction of sp³-hybridized carbons (Fsp3) is 0.538. The molecule has 2 unspecified atom stereocenters. The molecule has 468 valence electrons. The van der Waals surface area contributed by atoms with Crippen molar-refractivity contribution in [3.05, 3.63) is 91.5 Å². The number of phenols is 1. The number of hydrogen-bond acceptors (Lipinski definition) is 20. The fourth-order valence-corrected chi connectivity index (χ4v) is 15.4. The van der Waals surface area contributed by atoms with Crippen molar-refractivity contribution >= 4 is 11.8 Å². The average Bonchev–Trinajstić information content (AvgIpc) is 1.30. The number of piperazine rings is 2. The number of aryl methyl sites for hydroxylation is 2. The summed E-state index contributed by atoms with van der Waals surface area (Å²) in [6, 6.07) is 6.77. The van der Waals surface area contributed by atoms with Crippen molar-refractivity contribution in [2.45, 2.75) is 142 Å². The molecule has 22 heteroatoms. The predicted molar refractivity (Wildman–Crippen MR) is 322 cm³/mol. The van der Waals surface area contributed by atoms with Crippen LogP contribution in [0, 0.1) is 50.4 Å². The van der Waals surface area contributed by atoms with Gasteiger partial charge in [0.2, 0.25) is 25.4 Å². The van der Waals surface area contributed by atoms with Crippen LogP contribution in [0.3, 0.4) is 0 Å². The summed E-state index contributed by atoms with van der Waals surface area (Å²) >= 11 is 0. The third-order valence-corrected chi connectivity index (χ3v) is 18.6. The first-order valence-electron chi connectivity index (χ1n) is 28.7. The van der Waals surface area contributed by atoms with Crippen molar-refractivity contribution in [2.24, 2.45) is 0 Å². The number of likely N-dealkylation sites (N-methyl/N-ethyl adjacent to an activating group) is 2. The van der Waals surface area contributed by atoms with Gasteiger partial charge >= 0.3 is 0 Å². The lowest BCUT2D eigenvalue weighted by Gasteiger charge is -2.60. The van der Waals surface area contributed by atoms with Crippen LogP contribution in [0.2, 0.25) is 0 Å². The summed E-state index contributed by atoms with van der Waals surface area (Å²) in [4.78, 5) is 33.6. The van der Waals surface area contributed by atoms with Crippen molar-refractivity contribution < 1.29 is 66.8 Å². The van der Waals surface area contributed by atoms with Gasteiger partial charge in [0, 0.05) is 110 Å². The number of nitrogens with one attached hydrogen (secondary N) is 2. The van der Waals surface area contributed by atoms with E-state index in [9.17, 15) is 25.2 Å². The van der Waals surface area contributed by atoms with Gasteiger partial charge in [0.15, 0.2) is 59.6 Å². The van der Waals surface area contributed by atoms with Crippen molar-refractivity contribution in [3.63, 3.8) is 0 Å². The van der Waals surface area contributed by atoms with Crippen LogP contribution in [0.25, 0.3) is 0 Å². The number of amides is 2. The van der Waals surface area contributed by atoms with E-state index in [-0.39, 0.29) is 115 Å². The van der Waals surface area contributed by atoms with Gasteiger partial charge in [-0.3, -0.25) is 29.2 Å². The number of phenolic OH excluding ortho intramolecular Hbond substituents is 1. The molecular weight excluding hydrogens is 1120 g/mol. The highest BCUT2D eigenvalue weighted by Gasteiger charge is 2.59. The molecule has 8 aliphatic heterocycles. The van der Waals surface area contributed by atoms with Gasteiger partial charge in [-0.1, -0.05) is 39.6 Å². The predicted octanol–water partition coefficient (Wildman–Crippen LogP) is 7.40. The highest BCUT2D eigenvalue weighted by Crippen LogP contribution is 2.61. The fourth-order valence-electron chi connectivity index (χ4n) is 15.4. The number of methoxy groups -OCH3 is 4. The first kappa shape index (κ1) is 63.8. The van der Waals surface area contributed by atoms with E-state index in [2.05, 4.69) is 75.2 Å². The van der Waals surface area contributed by atoms with Gasteiger partial charge in [0.05, 0.1) is 50.5 Å². The number of aromatic hydroxyl groups is 1. The minimum atomic E-state index is -0.492. The van der Waals surface area contributed by atoms with E-state index < -0.39 is 18.1 Å². The van der Waals surface area contributed by atoms with Crippen LogP contribution >= 0.6 is 0 Å². The maximum absolute atomic E-state index is 12.3. The van der Waals surface area contributed by atoms with E-state index >= 15 is 0 Å². The summed E-state index contributed by atoms with van der Waals surface area (Å²) in [7, 11) is 10.6.